The lowest BCUT2D eigenvalue weighted by Gasteiger charge is -2.16. The molecule has 0 radical (unpaired) electrons. The molecule has 0 aromatic heterocycles. The average molecular weight is 380 g/mol. The summed E-state index contributed by atoms with van der Waals surface area (Å²) in [6, 6.07) is 16.5. The van der Waals surface area contributed by atoms with Crippen LogP contribution in [-0.2, 0) is 19.1 Å². The number of hydrogen-bond acceptors (Lipinski definition) is 4. The van der Waals surface area contributed by atoms with Gasteiger partial charge in [0.15, 0.2) is 6.61 Å². The number of carbonyl (C=O) groups excluding carboxylic acids is 3. The first kappa shape index (κ1) is 19.6. The van der Waals surface area contributed by atoms with E-state index in [4.69, 9.17) is 4.74 Å². The third-order valence-electron chi connectivity index (χ3n) is 4.78. The van der Waals surface area contributed by atoms with Crippen LogP contribution in [0.2, 0.25) is 0 Å². The van der Waals surface area contributed by atoms with Gasteiger partial charge in [-0.15, -0.1) is 0 Å². The predicted molar refractivity (Wildman–Crippen MR) is 107 cm³/mol. The van der Waals surface area contributed by atoms with E-state index in [2.05, 4.69) is 5.32 Å². The van der Waals surface area contributed by atoms with E-state index >= 15 is 0 Å². The lowest BCUT2D eigenvalue weighted by molar-refractivity contribution is -0.149. The van der Waals surface area contributed by atoms with Crippen LogP contribution in [0.5, 0.6) is 0 Å². The Bertz CT molecular complexity index is 833. The molecule has 1 saturated heterocycles. The van der Waals surface area contributed by atoms with E-state index in [0.717, 1.165) is 24.2 Å². The normalized spacial score (nSPS) is 14.6. The Morgan fingerprint density at radius 2 is 1.82 bits per heavy atom. The Morgan fingerprint density at radius 3 is 2.43 bits per heavy atom. The summed E-state index contributed by atoms with van der Waals surface area (Å²) in [6.07, 6.45) is 2.04. The standard InChI is InChI=1S/C22H24N2O4/c1-2-19(16-7-4-3-5-8-16)22(27)28-15-20(25)23-17-10-12-18(13-11-17)24-14-6-9-21(24)26/h3-5,7-8,10-13,19H,2,6,9,14-15H2,1H3,(H,23,25)/t19-/m1/s1. The van der Waals surface area contributed by atoms with Gasteiger partial charge in [0.2, 0.25) is 5.91 Å². The molecule has 1 heterocycles. The van der Waals surface area contributed by atoms with Crippen LogP contribution in [-0.4, -0.2) is 30.9 Å². The first-order valence-corrected chi connectivity index (χ1v) is 9.50. The Labute approximate surface area is 164 Å². The van der Waals surface area contributed by atoms with Gasteiger partial charge in [-0.3, -0.25) is 14.4 Å². The van der Waals surface area contributed by atoms with Crippen molar-refractivity contribution in [2.24, 2.45) is 0 Å². The molecule has 0 unspecified atom stereocenters. The highest BCUT2D eigenvalue weighted by molar-refractivity contribution is 5.96. The summed E-state index contributed by atoms with van der Waals surface area (Å²) in [5.41, 5.74) is 2.29. The van der Waals surface area contributed by atoms with Crippen molar-refractivity contribution in [2.45, 2.75) is 32.1 Å². The van der Waals surface area contributed by atoms with Gasteiger partial charge in [0.05, 0.1) is 5.92 Å². The molecule has 0 saturated carbocycles. The molecule has 2 aromatic rings. The number of esters is 1. The molecule has 1 fully saturated rings. The van der Waals surface area contributed by atoms with Crippen LogP contribution < -0.4 is 10.2 Å². The Kier molecular flexibility index (Phi) is 6.42. The van der Waals surface area contributed by atoms with Gasteiger partial charge in [0, 0.05) is 24.3 Å². The molecule has 2 aromatic carbocycles. The summed E-state index contributed by atoms with van der Waals surface area (Å²) in [7, 11) is 0. The molecule has 0 bridgehead atoms. The van der Waals surface area contributed by atoms with Gasteiger partial charge < -0.3 is 15.0 Å². The van der Waals surface area contributed by atoms with Crippen molar-refractivity contribution >= 4 is 29.2 Å². The third-order valence-corrected chi connectivity index (χ3v) is 4.78. The van der Waals surface area contributed by atoms with Crippen LogP contribution >= 0.6 is 0 Å². The summed E-state index contributed by atoms with van der Waals surface area (Å²) in [5.74, 6) is -1.08. The number of benzene rings is 2. The largest absolute Gasteiger partial charge is 0.455 e. The van der Waals surface area contributed by atoms with Crippen LogP contribution in [0.1, 0.15) is 37.7 Å². The first-order chi connectivity index (χ1) is 13.6. The Morgan fingerprint density at radius 1 is 1.11 bits per heavy atom. The van der Waals surface area contributed by atoms with E-state index in [1.54, 1.807) is 29.2 Å². The van der Waals surface area contributed by atoms with Gasteiger partial charge in [-0.25, -0.2) is 0 Å². The minimum atomic E-state index is -0.410. The number of ether oxygens (including phenoxy) is 1. The minimum absolute atomic E-state index is 0.118. The zero-order chi connectivity index (χ0) is 19.9. The highest BCUT2D eigenvalue weighted by Crippen LogP contribution is 2.23. The monoisotopic (exact) mass is 380 g/mol. The molecule has 6 nitrogen and oxygen atoms in total. The molecule has 2 amide bonds. The van der Waals surface area contributed by atoms with Crippen molar-refractivity contribution in [2.75, 3.05) is 23.4 Å². The van der Waals surface area contributed by atoms with Crippen LogP contribution in [0.15, 0.2) is 54.6 Å². The number of rotatable bonds is 7. The van der Waals surface area contributed by atoms with Crippen molar-refractivity contribution < 1.29 is 19.1 Å². The second-order valence-electron chi connectivity index (χ2n) is 6.72. The van der Waals surface area contributed by atoms with Crippen molar-refractivity contribution in [3.63, 3.8) is 0 Å². The summed E-state index contributed by atoms with van der Waals surface area (Å²) >= 11 is 0. The number of anilines is 2. The molecule has 28 heavy (non-hydrogen) atoms. The lowest BCUT2D eigenvalue weighted by atomic mass is 9.97. The maximum atomic E-state index is 12.3. The molecule has 1 aliphatic heterocycles. The molecule has 1 N–H and O–H groups in total. The number of amides is 2. The molecule has 1 atom stereocenters. The van der Waals surface area contributed by atoms with Crippen molar-refractivity contribution in [3.8, 4) is 0 Å². The Hall–Kier alpha value is -3.15. The molecule has 1 aliphatic rings. The summed E-state index contributed by atoms with van der Waals surface area (Å²) in [6.45, 7) is 2.29. The molecular weight excluding hydrogens is 356 g/mol. The highest BCUT2D eigenvalue weighted by Gasteiger charge is 2.22. The van der Waals surface area contributed by atoms with E-state index in [1.807, 2.05) is 37.3 Å². The van der Waals surface area contributed by atoms with Gasteiger partial charge in [0.1, 0.15) is 0 Å². The van der Waals surface area contributed by atoms with Crippen LogP contribution in [0, 0.1) is 0 Å². The van der Waals surface area contributed by atoms with E-state index in [1.165, 1.54) is 0 Å². The zero-order valence-electron chi connectivity index (χ0n) is 15.9. The fourth-order valence-corrected chi connectivity index (χ4v) is 3.30. The second-order valence-corrected chi connectivity index (χ2v) is 6.72. The molecule has 0 aliphatic carbocycles. The third kappa shape index (κ3) is 4.76. The zero-order valence-corrected chi connectivity index (χ0v) is 15.9. The van der Waals surface area contributed by atoms with Gasteiger partial charge in [-0.2, -0.15) is 0 Å². The molecule has 3 rings (SSSR count). The highest BCUT2D eigenvalue weighted by atomic mass is 16.5. The smallest absolute Gasteiger partial charge is 0.313 e. The molecule has 0 spiro atoms. The summed E-state index contributed by atoms with van der Waals surface area (Å²) < 4.78 is 5.20. The van der Waals surface area contributed by atoms with Gasteiger partial charge in [-0.05, 0) is 42.7 Å². The SMILES string of the molecule is CC[C@@H](C(=O)OCC(=O)Nc1ccc(N2CCCC2=O)cc1)c1ccccc1. The second kappa shape index (κ2) is 9.17. The van der Waals surface area contributed by atoms with Crippen LogP contribution in [0.3, 0.4) is 0 Å². The maximum absolute atomic E-state index is 12.3. The van der Waals surface area contributed by atoms with Crippen LogP contribution in [0.4, 0.5) is 11.4 Å². The summed E-state index contributed by atoms with van der Waals surface area (Å²) in [5, 5.41) is 2.70. The quantitative estimate of drug-likeness (QED) is 0.746. The molecule has 6 heteroatoms. The van der Waals surface area contributed by atoms with E-state index in [-0.39, 0.29) is 18.4 Å². The van der Waals surface area contributed by atoms with Gasteiger partial charge in [0.25, 0.3) is 5.91 Å². The number of hydrogen-bond donors (Lipinski definition) is 1. The minimum Gasteiger partial charge on any atom is -0.455 e. The number of nitrogens with one attached hydrogen (secondary N) is 1. The van der Waals surface area contributed by atoms with Gasteiger partial charge >= 0.3 is 5.97 Å². The van der Waals surface area contributed by atoms with Gasteiger partial charge in [-0.1, -0.05) is 37.3 Å². The number of carbonyl (C=O) groups is 3. The lowest BCUT2D eigenvalue weighted by Crippen LogP contribution is -2.24. The van der Waals surface area contributed by atoms with Crippen molar-refractivity contribution in [1.82, 2.24) is 0 Å². The molecular formula is C22H24N2O4. The topological polar surface area (TPSA) is 75.7 Å². The average Bonchev–Trinajstić information content (AvgIpc) is 3.14. The van der Waals surface area contributed by atoms with E-state index < -0.39 is 11.9 Å². The van der Waals surface area contributed by atoms with E-state index in [0.29, 0.717) is 18.5 Å². The van der Waals surface area contributed by atoms with E-state index in [9.17, 15) is 14.4 Å². The van der Waals surface area contributed by atoms with Crippen LogP contribution in [0.25, 0.3) is 0 Å². The summed E-state index contributed by atoms with van der Waals surface area (Å²) in [4.78, 5) is 37.9. The number of nitrogens with zero attached hydrogens (tertiary/aromatic N) is 1. The van der Waals surface area contributed by atoms with Crippen molar-refractivity contribution in [1.29, 1.82) is 0 Å². The predicted octanol–water partition coefficient (Wildman–Crippen LogP) is 3.49. The molecule has 146 valence electrons. The first-order valence-electron chi connectivity index (χ1n) is 9.50. The Balaban J connectivity index is 1.51. The van der Waals surface area contributed by atoms with Crippen molar-refractivity contribution in [3.05, 3.63) is 60.2 Å². The fraction of sp³-hybridized carbons (Fsp3) is 0.318. The fourth-order valence-electron chi connectivity index (χ4n) is 3.30. The maximum Gasteiger partial charge on any atom is 0.313 e.